The molecule has 1 aliphatic rings. The van der Waals surface area contributed by atoms with E-state index in [4.69, 9.17) is 4.42 Å². The Morgan fingerprint density at radius 1 is 1.12 bits per heavy atom. The van der Waals surface area contributed by atoms with Gasteiger partial charge in [0.05, 0.1) is 6.26 Å². The minimum Gasteiger partial charge on any atom is -0.459 e. The molecule has 126 valence electrons. The normalized spacial score (nSPS) is 15.0. The van der Waals surface area contributed by atoms with E-state index >= 15 is 0 Å². The molecule has 1 aliphatic carbocycles. The van der Waals surface area contributed by atoms with Crippen molar-refractivity contribution in [3.63, 3.8) is 0 Å². The third-order valence-electron chi connectivity index (χ3n) is 4.56. The predicted octanol–water partition coefficient (Wildman–Crippen LogP) is 3.94. The summed E-state index contributed by atoms with van der Waals surface area (Å²) < 4.78 is 5.08. The lowest BCUT2D eigenvalue weighted by Gasteiger charge is -2.31. The summed E-state index contributed by atoms with van der Waals surface area (Å²) >= 11 is 0. The van der Waals surface area contributed by atoms with E-state index in [0.29, 0.717) is 17.3 Å². The zero-order valence-electron chi connectivity index (χ0n) is 13.8. The molecule has 5 nitrogen and oxygen atoms in total. The maximum absolute atomic E-state index is 12.7. The number of furan rings is 1. The molecule has 2 aromatic rings. The average molecular weight is 326 g/mol. The van der Waals surface area contributed by atoms with E-state index in [2.05, 4.69) is 5.32 Å². The fourth-order valence-corrected chi connectivity index (χ4v) is 3.17. The van der Waals surface area contributed by atoms with Crippen molar-refractivity contribution in [2.45, 2.75) is 38.1 Å². The molecule has 0 radical (unpaired) electrons. The van der Waals surface area contributed by atoms with Crippen LogP contribution in [0, 0.1) is 0 Å². The average Bonchev–Trinajstić information content (AvgIpc) is 3.16. The Morgan fingerprint density at radius 3 is 2.62 bits per heavy atom. The van der Waals surface area contributed by atoms with Crippen LogP contribution in [0.15, 0.2) is 47.1 Å². The van der Waals surface area contributed by atoms with Crippen LogP contribution in [0.4, 0.5) is 5.69 Å². The van der Waals surface area contributed by atoms with Crippen LogP contribution >= 0.6 is 0 Å². The molecule has 1 aromatic carbocycles. The maximum Gasteiger partial charge on any atom is 0.291 e. The van der Waals surface area contributed by atoms with Gasteiger partial charge in [0.25, 0.3) is 11.8 Å². The Hall–Kier alpha value is -2.56. The molecule has 1 N–H and O–H groups in total. The number of nitrogens with zero attached hydrogens (tertiary/aromatic N) is 1. The van der Waals surface area contributed by atoms with Gasteiger partial charge in [-0.3, -0.25) is 9.59 Å². The maximum atomic E-state index is 12.7. The summed E-state index contributed by atoms with van der Waals surface area (Å²) in [6, 6.07) is 10.6. The summed E-state index contributed by atoms with van der Waals surface area (Å²) in [6.45, 7) is 0. The van der Waals surface area contributed by atoms with Crippen molar-refractivity contribution in [2.24, 2.45) is 0 Å². The van der Waals surface area contributed by atoms with Crippen LogP contribution < -0.4 is 5.32 Å². The summed E-state index contributed by atoms with van der Waals surface area (Å²) in [5, 5.41) is 2.75. The Morgan fingerprint density at radius 2 is 1.92 bits per heavy atom. The fourth-order valence-electron chi connectivity index (χ4n) is 3.17. The lowest BCUT2D eigenvalue weighted by atomic mass is 9.94. The van der Waals surface area contributed by atoms with Crippen molar-refractivity contribution in [1.82, 2.24) is 4.90 Å². The largest absolute Gasteiger partial charge is 0.459 e. The van der Waals surface area contributed by atoms with Crippen LogP contribution in [0.3, 0.4) is 0 Å². The van der Waals surface area contributed by atoms with Gasteiger partial charge in [0.1, 0.15) is 0 Å². The van der Waals surface area contributed by atoms with Gasteiger partial charge in [-0.15, -0.1) is 0 Å². The number of carbonyl (C=O) groups excluding carboxylic acids is 2. The fraction of sp³-hybridized carbons (Fsp3) is 0.368. The van der Waals surface area contributed by atoms with E-state index in [9.17, 15) is 9.59 Å². The van der Waals surface area contributed by atoms with E-state index in [1.807, 2.05) is 11.9 Å². The van der Waals surface area contributed by atoms with Gasteiger partial charge in [0.15, 0.2) is 5.76 Å². The molecular formula is C19H22N2O3. The summed E-state index contributed by atoms with van der Waals surface area (Å²) in [6.07, 6.45) is 7.21. The zero-order chi connectivity index (χ0) is 16.9. The van der Waals surface area contributed by atoms with Crippen molar-refractivity contribution >= 4 is 17.5 Å². The molecule has 1 fully saturated rings. The van der Waals surface area contributed by atoms with Gasteiger partial charge in [0, 0.05) is 24.3 Å². The molecule has 3 rings (SSSR count). The van der Waals surface area contributed by atoms with Crippen molar-refractivity contribution in [3.05, 3.63) is 54.0 Å². The van der Waals surface area contributed by atoms with Crippen molar-refractivity contribution in [2.75, 3.05) is 12.4 Å². The number of hydrogen-bond acceptors (Lipinski definition) is 3. The highest BCUT2D eigenvalue weighted by Gasteiger charge is 2.23. The Bertz CT molecular complexity index is 703. The smallest absolute Gasteiger partial charge is 0.291 e. The SMILES string of the molecule is CN(C(=O)c1cccc(NC(=O)c2ccco2)c1)C1CCCCC1. The zero-order valence-corrected chi connectivity index (χ0v) is 13.8. The van der Waals surface area contributed by atoms with Crippen LogP contribution in [0.1, 0.15) is 53.0 Å². The van der Waals surface area contributed by atoms with E-state index < -0.39 is 0 Å². The first kappa shape index (κ1) is 16.3. The van der Waals surface area contributed by atoms with Crippen molar-refractivity contribution in [3.8, 4) is 0 Å². The molecule has 2 amide bonds. The minimum atomic E-state index is -0.328. The summed E-state index contributed by atoms with van der Waals surface area (Å²) in [4.78, 5) is 26.6. The van der Waals surface area contributed by atoms with Crippen LogP contribution in [-0.4, -0.2) is 29.8 Å². The number of carbonyl (C=O) groups is 2. The quantitative estimate of drug-likeness (QED) is 0.926. The Balaban J connectivity index is 1.70. The molecular weight excluding hydrogens is 304 g/mol. The molecule has 1 saturated carbocycles. The number of anilines is 1. The summed E-state index contributed by atoms with van der Waals surface area (Å²) in [5.41, 5.74) is 1.17. The van der Waals surface area contributed by atoms with E-state index in [0.717, 1.165) is 12.8 Å². The third kappa shape index (κ3) is 3.67. The molecule has 1 heterocycles. The van der Waals surface area contributed by atoms with Gasteiger partial charge in [-0.2, -0.15) is 0 Å². The Labute approximate surface area is 141 Å². The topological polar surface area (TPSA) is 62.6 Å². The molecule has 0 unspecified atom stereocenters. The van der Waals surface area contributed by atoms with Crippen LogP contribution in [0.2, 0.25) is 0 Å². The van der Waals surface area contributed by atoms with Gasteiger partial charge >= 0.3 is 0 Å². The van der Waals surface area contributed by atoms with Crippen LogP contribution in [-0.2, 0) is 0 Å². The molecule has 0 bridgehead atoms. The molecule has 24 heavy (non-hydrogen) atoms. The van der Waals surface area contributed by atoms with E-state index in [1.165, 1.54) is 25.5 Å². The van der Waals surface area contributed by atoms with E-state index in [-0.39, 0.29) is 17.6 Å². The lowest BCUT2D eigenvalue weighted by molar-refractivity contribution is 0.0696. The number of benzene rings is 1. The third-order valence-corrected chi connectivity index (χ3v) is 4.56. The first-order chi connectivity index (χ1) is 11.6. The first-order valence-electron chi connectivity index (χ1n) is 8.37. The molecule has 0 spiro atoms. The number of rotatable bonds is 4. The van der Waals surface area contributed by atoms with Crippen molar-refractivity contribution < 1.29 is 14.0 Å². The molecule has 5 heteroatoms. The predicted molar refractivity (Wildman–Crippen MR) is 92.1 cm³/mol. The van der Waals surface area contributed by atoms with Gasteiger partial charge in [0.2, 0.25) is 0 Å². The van der Waals surface area contributed by atoms with Crippen LogP contribution in [0.5, 0.6) is 0 Å². The van der Waals surface area contributed by atoms with Crippen molar-refractivity contribution in [1.29, 1.82) is 0 Å². The highest BCUT2D eigenvalue weighted by molar-refractivity contribution is 6.03. The second kappa shape index (κ2) is 7.34. The second-order valence-corrected chi connectivity index (χ2v) is 6.22. The number of nitrogens with one attached hydrogen (secondary N) is 1. The van der Waals surface area contributed by atoms with Crippen LogP contribution in [0.25, 0.3) is 0 Å². The van der Waals surface area contributed by atoms with Gasteiger partial charge in [-0.1, -0.05) is 25.3 Å². The van der Waals surface area contributed by atoms with E-state index in [1.54, 1.807) is 36.4 Å². The second-order valence-electron chi connectivity index (χ2n) is 6.22. The lowest BCUT2D eigenvalue weighted by Crippen LogP contribution is -2.38. The minimum absolute atomic E-state index is 0.00371. The highest BCUT2D eigenvalue weighted by Crippen LogP contribution is 2.23. The highest BCUT2D eigenvalue weighted by atomic mass is 16.3. The Kier molecular flexibility index (Phi) is 4.99. The van der Waals surface area contributed by atoms with Gasteiger partial charge in [-0.25, -0.2) is 0 Å². The monoisotopic (exact) mass is 326 g/mol. The molecule has 0 atom stereocenters. The molecule has 0 aliphatic heterocycles. The molecule has 0 saturated heterocycles. The van der Waals surface area contributed by atoms with Gasteiger partial charge in [-0.05, 0) is 43.2 Å². The summed E-state index contributed by atoms with van der Waals surface area (Å²) in [5.74, 6) is -0.0905. The summed E-state index contributed by atoms with van der Waals surface area (Å²) in [7, 11) is 1.87. The number of amides is 2. The van der Waals surface area contributed by atoms with Gasteiger partial charge < -0.3 is 14.6 Å². The standard InChI is InChI=1S/C19H22N2O3/c1-21(16-9-3-2-4-10-16)19(23)14-7-5-8-15(13-14)20-18(22)17-11-6-12-24-17/h5-8,11-13,16H,2-4,9-10H2,1H3,(H,20,22). The number of hydrogen-bond donors (Lipinski definition) is 1. The first-order valence-corrected chi connectivity index (χ1v) is 8.37. The molecule has 1 aromatic heterocycles.